The van der Waals surface area contributed by atoms with E-state index < -0.39 is 12.1 Å². The number of carbonyl (C=O) groups excluding carboxylic acids is 1. The maximum absolute atomic E-state index is 11.7. The van der Waals surface area contributed by atoms with Crippen LogP contribution in [0.2, 0.25) is 0 Å². The van der Waals surface area contributed by atoms with Crippen LogP contribution in [0.1, 0.15) is 29.7 Å². The van der Waals surface area contributed by atoms with Crippen LogP contribution in [0, 0.1) is 0 Å². The predicted molar refractivity (Wildman–Crippen MR) is 90.0 cm³/mol. The average molecular weight is 312 g/mol. The summed E-state index contributed by atoms with van der Waals surface area (Å²) in [6.45, 7) is 1.94. The van der Waals surface area contributed by atoms with E-state index in [-0.39, 0.29) is 6.61 Å². The summed E-state index contributed by atoms with van der Waals surface area (Å²) in [6.07, 6.45) is 2.49. The standard InChI is InChI=1S/C19H20O4/c1-3-23-19(21)18(20)17-7-5-4-6-15(17)11-8-14-9-12-16(22-2)13-10-14/h4-13,18,20H,3H2,1-2H3/b11-8-. The minimum Gasteiger partial charge on any atom is -0.497 e. The second kappa shape index (κ2) is 8.15. The third-order valence-corrected chi connectivity index (χ3v) is 3.37. The van der Waals surface area contributed by atoms with E-state index in [1.165, 1.54) is 0 Å². The zero-order chi connectivity index (χ0) is 16.7. The largest absolute Gasteiger partial charge is 0.497 e. The van der Waals surface area contributed by atoms with Gasteiger partial charge in [0.2, 0.25) is 0 Å². The quantitative estimate of drug-likeness (QED) is 0.655. The van der Waals surface area contributed by atoms with Gasteiger partial charge in [0.15, 0.2) is 6.10 Å². The molecule has 0 aromatic heterocycles. The van der Waals surface area contributed by atoms with Gasteiger partial charge >= 0.3 is 5.97 Å². The maximum atomic E-state index is 11.7. The van der Waals surface area contributed by atoms with Gasteiger partial charge in [0.05, 0.1) is 13.7 Å². The topological polar surface area (TPSA) is 55.8 Å². The highest BCUT2D eigenvalue weighted by Gasteiger charge is 2.20. The Morgan fingerprint density at radius 1 is 1.13 bits per heavy atom. The Bertz CT molecular complexity index is 674. The summed E-state index contributed by atoms with van der Waals surface area (Å²) in [7, 11) is 1.62. The molecule has 23 heavy (non-hydrogen) atoms. The van der Waals surface area contributed by atoms with Crippen LogP contribution < -0.4 is 4.74 Å². The van der Waals surface area contributed by atoms with Gasteiger partial charge in [-0.25, -0.2) is 4.79 Å². The van der Waals surface area contributed by atoms with E-state index in [1.807, 2.05) is 48.6 Å². The molecule has 4 heteroatoms. The number of esters is 1. The van der Waals surface area contributed by atoms with Crippen LogP contribution in [-0.2, 0) is 9.53 Å². The number of hydrogen-bond donors (Lipinski definition) is 1. The molecule has 2 aromatic rings. The third kappa shape index (κ3) is 4.44. The normalized spacial score (nSPS) is 12.1. The fourth-order valence-electron chi connectivity index (χ4n) is 2.16. The van der Waals surface area contributed by atoms with Crippen LogP contribution in [0.25, 0.3) is 12.2 Å². The highest BCUT2D eigenvalue weighted by Crippen LogP contribution is 2.22. The summed E-state index contributed by atoms with van der Waals surface area (Å²) in [5, 5.41) is 10.1. The van der Waals surface area contributed by atoms with E-state index in [1.54, 1.807) is 26.2 Å². The molecule has 0 bridgehead atoms. The van der Waals surface area contributed by atoms with Crippen LogP contribution >= 0.6 is 0 Å². The average Bonchev–Trinajstić information content (AvgIpc) is 2.60. The fourth-order valence-corrected chi connectivity index (χ4v) is 2.16. The Morgan fingerprint density at radius 2 is 1.83 bits per heavy atom. The van der Waals surface area contributed by atoms with Gasteiger partial charge in [-0.3, -0.25) is 0 Å². The first-order valence-corrected chi connectivity index (χ1v) is 7.41. The zero-order valence-corrected chi connectivity index (χ0v) is 13.2. The molecule has 0 amide bonds. The number of hydrogen-bond acceptors (Lipinski definition) is 4. The molecule has 1 unspecified atom stereocenters. The van der Waals surface area contributed by atoms with E-state index in [4.69, 9.17) is 9.47 Å². The Morgan fingerprint density at radius 3 is 2.48 bits per heavy atom. The monoisotopic (exact) mass is 312 g/mol. The first kappa shape index (κ1) is 16.8. The number of carbonyl (C=O) groups is 1. The molecule has 1 N–H and O–H groups in total. The number of ether oxygens (including phenoxy) is 2. The van der Waals surface area contributed by atoms with Gasteiger partial charge in [-0.05, 0) is 35.7 Å². The van der Waals surface area contributed by atoms with Gasteiger partial charge in [-0.15, -0.1) is 0 Å². The van der Waals surface area contributed by atoms with Gasteiger partial charge in [0, 0.05) is 0 Å². The fraction of sp³-hybridized carbons (Fsp3) is 0.211. The molecule has 2 rings (SSSR count). The first-order chi connectivity index (χ1) is 11.2. The van der Waals surface area contributed by atoms with Crippen molar-refractivity contribution in [3.05, 3.63) is 65.2 Å². The first-order valence-electron chi connectivity index (χ1n) is 7.41. The van der Waals surface area contributed by atoms with Gasteiger partial charge < -0.3 is 14.6 Å². The molecule has 0 saturated heterocycles. The summed E-state index contributed by atoms with van der Waals surface area (Å²) >= 11 is 0. The molecule has 2 aromatic carbocycles. The van der Waals surface area contributed by atoms with Crippen molar-refractivity contribution in [1.29, 1.82) is 0 Å². The second-order valence-corrected chi connectivity index (χ2v) is 4.89. The SMILES string of the molecule is CCOC(=O)C(O)c1ccccc1/C=C\c1ccc(OC)cc1. The predicted octanol–water partition coefficient (Wildman–Crippen LogP) is 3.46. The third-order valence-electron chi connectivity index (χ3n) is 3.37. The van der Waals surface area contributed by atoms with Gasteiger partial charge in [-0.2, -0.15) is 0 Å². The smallest absolute Gasteiger partial charge is 0.339 e. The van der Waals surface area contributed by atoms with E-state index in [0.29, 0.717) is 5.56 Å². The summed E-state index contributed by atoms with van der Waals surface area (Å²) in [5.41, 5.74) is 2.28. The summed E-state index contributed by atoms with van der Waals surface area (Å²) < 4.78 is 10.00. The van der Waals surface area contributed by atoms with Crippen LogP contribution in [0.3, 0.4) is 0 Å². The van der Waals surface area contributed by atoms with Crippen molar-refractivity contribution in [1.82, 2.24) is 0 Å². The van der Waals surface area contributed by atoms with Crippen molar-refractivity contribution in [2.24, 2.45) is 0 Å². The lowest BCUT2D eigenvalue weighted by Crippen LogP contribution is -2.16. The summed E-state index contributed by atoms with van der Waals surface area (Å²) in [6, 6.07) is 14.8. The molecule has 0 aliphatic heterocycles. The van der Waals surface area contributed by atoms with Crippen molar-refractivity contribution in [2.75, 3.05) is 13.7 Å². The zero-order valence-electron chi connectivity index (χ0n) is 13.2. The van der Waals surface area contributed by atoms with Gasteiger partial charge in [0.1, 0.15) is 5.75 Å². The van der Waals surface area contributed by atoms with Crippen LogP contribution in [0.4, 0.5) is 0 Å². The van der Waals surface area contributed by atoms with E-state index >= 15 is 0 Å². The van der Waals surface area contributed by atoms with E-state index in [0.717, 1.165) is 16.9 Å². The van der Waals surface area contributed by atoms with Crippen LogP contribution in [0.15, 0.2) is 48.5 Å². The minimum absolute atomic E-state index is 0.236. The lowest BCUT2D eigenvalue weighted by atomic mass is 10.0. The number of aliphatic hydroxyl groups excluding tert-OH is 1. The van der Waals surface area contributed by atoms with Crippen LogP contribution in [0.5, 0.6) is 5.75 Å². The summed E-state index contributed by atoms with van der Waals surface area (Å²) in [4.78, 5) is 11.7. The highest BCUT2D eigenvalue weighted by molar-refractivity contribution is 5.80. The van der Waals surface area contributed by atoms with Crippen LogP contribution in [-0.4, -0.2) is 24.8 Å². The molecule has 0 aliphatic carbocycles. The molecule has 0 heterocycles. The Labute approximate surface area is 136 Å². The molecular formula is C19H20O4. The van der Waals surface area contributed by atoms with Crippen molar-refractivity contribution < 1.29 is 19.4 Å². The molecule has 1 atom stereocenters. The number of methoxy groups -OCH3 is 1. The van der Waals surface area contributed by atoms with Crippen molar-refractivity contribution in [2.45, 2.75) is 13.0 Å². The number of aliphatic hydroxyl groups is 1. The lowest BCUT2D eigenvalue weighted by molar-refractivity contribution is -0.153. The van der Waals surface area contributed by atoms with E-state index in [2.05, 4.69) is 0 Å². The summed E-state index contributed by atoms with van der Waals surface area (Å²) in [5.74, 6) is 0.151. The van der Waals surface area contributed by atoms with Crippen molar-refractivity contribution in [3.63, 3.8) is 0 Å². The van der Waals surface area contributed by atoms with Gasteiger partial charge in [0.25, 0.3) is 0 Å². The number of benzene rings is 2. The Kier molecular flexibility index (Phi) is 5.94. The lowest BCUT2D eigenvalue weighted by Gasteiger charge is -2.12. The van der Waals surface area contributed by atoms with Crippen molar-refractivity contribution >= 4 is 18.1 Å². The Balaban J connectivity index is 2.22. The van der Waals surface area contributed by atoms with Gasteiger partial charge in [-0.1, -0.05) is 48.6 Å². The van der Waals surface area contributed by atoms with E-state index in [9.17, 15) is 9.90 Å². The van der Waals surface area contributed by atoms with Crippen molar-refractivity contribution in [3.8, 4) is 5.75 Å². The highest BCUT2D eigenvalue weighted by atomic mass is 16.5. The number of rotatable bonds is 6. The molecule has 4 nitrogen and oxygen atoms in total. The Hall–Kier alpha value is -2.59. The molecule has 120 valence electrons. The second-order valence-electron chi connectivity index (χ2n) is 4.89. The molecular weight excluding hydrogens is 292 g/mol. The molecule has 0 fully saturated rings. The minimum atomic E-state index is -1.29. The maximum Gasteiger partial charge on any atom is 0.339 e. The molecule has 0 spiro atoms. The molecule has 0 aliphatic rings. The molecule has 0 radical (unpaired) electrons. The molecule has 0 saturated carbocycles.